The molecule has 0 aliphatic rings. The number of hydrogen-bond acceptors (Lipinski definition) is 2. The highest BCUT2D eigenvalue weighted by Crippen LogP contribution is 2.22. The second kappa shape index (κ2) is 5.89. The molecule has 0 aromatic carbocycles. The Bertz CT molecular complexity index is 284. The van der Waals surface area contributed by atoms with Crippen molar-refractivity contribution < 1.29 is 14.7 Å². The lowest BCUT2D eigenvalue weighted by atomic mass is 9.87. The highest BCUT2D eigenvalue weighted by molar-refractivity contribution is 5.76. The predicted octanol–water partition coefficient (Wildman–Crippen LogP) is 1.93. The minimum absolute atomic E-state index is 0.0118. The maximum absolute atomic E-state index is 11.8. The van der Waals surface area contributed by atoms with Gasteiger partial charge in [0.25, 0.3) is 0 Å². The summed E-state index contributed by atoms with van der Waals surface area (Å²) in [6, 6.07) is -0.532. The van der Waals surface area contributed by atoms with Crippen LogP contribution in [0.4, 0.5) is 4.79 Å². The summed E-state index contributed by atoms with van der Waals surface area (Å²) in [5.74, 6) is -0.913. The van der Waals surface area contributed by atoms with Gasteiger partial charge in [0.05, 0.1) is 6.42 Å². The lowest BCUT2D eigenvalue weighted by Crippen LogP contribution is -2.49. The number of carboxylic acids is 1. The standard InChI is InChI=1S/C12H24N2O3/c1-8(7-10(15)16)13-11(17)14(6)9(2)12(3,4)5/h8-9H,7H2,1-6H3,(H,13,17)(H,15,16). The molecule has 0 fully saturated rings. The second-order valence-corrected chi connectivity index (χ2v) is 5.60. The molecular weight excluding hydrogens is 220 g/mol. The van der Waals surface area contributed by atoms with E-state index in [1.165, 1.54) is 0 Å². The second-order valence-electron chi connectivity index (χ2n) is 5.60. The number of aliphatic carboxylic acids is 1. The van der Waals surface area contributed by atoms with Crippen molar-refractivity contribution in [1.29, 1.82) is 0 Å². The Balaban J connectivity index is 4.37. The summed E-state index contributed by atoms with van der Waals surface area (Å²) in [5.41, 5.74) is -0.0118. The fourth-order valence-corrected chi connectivity index (χ4v) is 1.38. The van der Waals surface area contributed by atoms with Gasteiger partial charge in [0.15, 0.2) is 0 Å². The number of carbonyl (C=O) groups excluding carboxylic acids is 1. The number of nitrogens with one attached hydrogen (secondary N) is 1. The van der Waals surface area contributed by atoms with Crippen LogP contribution in [0.25, 0.3) is 0 Å². The zero-order chi connectivity index (χ0) is 13.8. The SMILES string of the molecule is CC(CC(=O)O)NC(=O)N(C)C(C)C(C)(C)C. The van der Waals surface area contributed by atoms with Crippen molar-refractivity contribution in [1.82, 2.24) is 10.2 Å². The van der Waals surface area contributed by atoms with Gasteiger partial charge >= 0.3 is 12.0 Å². The van der Waals surface area contributed by atoms with Crippen LogP contribution in [0.3, 0.4) is 0 Å². The molecule has 2 unspecified atom stereocenters. The lowest BCUT2D eigenvalue weighted by molar-refractivity contribution is -0.137. The van der Waals surface area contributed by atoms with Gasteiger partial charge in [0.1, 0.15) is 0 Å². The number of nitrogens with zero attached hydrogens (tertiary/aromatic N) is 1. The van der Waals surface area contributed by atoms with Crippen LogP contribution in [-0.2, 0) is 4.79 Å². The molecule has 2 amide bonds. The van der Waals surface area contributed by atoms with Crippen LogP contribution in [0, 0.1) is 5.41 Å². The van der Waals surface area contributed by atoms with Crippen LogP contribution in [0.2, 0.25) is 0 Å². The Morgan fingerprint density at radius 2 is 1.76 bits per heavy atom. The van der Waals surface area contributed by atoms with E-state index in [4.69, 9.17) is 5.11 Å². The van der Waals surface area contributed by atoms with Gasteiger partial charge in [-0.25, -0.2) is 4.79 Å². The number of hydrogen-bond donors (Lipinski definition) is 2. The van der Waals surface area contributed by atoms with Gasteiger partial charge in [0.2, 0.25) is 0 Å². The summed E-state index contributed by atoms with van der Waals surface area (Å²) in [4.78, 5) is 23.9. The summed E-state index contributed by atoms with van der Waals surface area (Å²) >= 11 is 0. The molecule has 0 aromatic heterocycles. The van der Waals surface area contributed by atoms with E-state index in [1.54, 1.807) is 18.9 Å². The molecule has 0 spiro atoms. The number of rotatable bonds is 4. The molecule has 5 heteroatoms. The molecule has 100 valence electrons. The molecule has 0 aliphatic carbocycles. The number of carbonyl (C=O) groups is 2. The number of amides is 2. The fraction of sp³-hybridized carbons (Fsp3) is 0.833. The van der Waals surface area contributed by atoms with E-state index in [0.717, 1.165) is 0 Å². The fourth-order valence-electron chi connectivity index (χ4n) is 1.38. The average Bonchev–Trinajstić information content (AvgIpc) is 2.12. The van der Waals surface area contributed by atoms with Crippen molar-refractivity contribution in [3.63, 3.8) is 0 Å². The number of carboxylic acid groups (broad SMARTS) is 1. The quantitative estimate of drug-likeness (QED) is 0.793. The first kappa shape index (κ1) is 15.7. The van der Waals surface area contributed by atoms with Crippen LogP contribution >= 0.6 is 0 Å². The average molecular weight is 244 g/mol. The predicted molar refractivity (Wildman–Crippen MR) is 66.9 cm³/mol. The maximum Gasteiger partial charge on any atom is 0.317 e. The van der Waals surface area contributed by atoms with E-state index in [2.05, 4.69) is 26.1 Å². The largest absolute Gasteiger partial charge is 0.481 e. The molecule has 0 rings (SSSR count). The van der Waals surface area contributed by atoms with Gasteiger partial charge in [-0.05, 0) is 19.3 Å². The molecule has 0 aliphatic heterocycles. The Labute approximate surface area is 103 Å². The van der Waals surface area contributed by atoms with E-state index in [1.807, 2.05) is 6.92 Å². The monoisotopic (exact) mass is 244 g/mol. The van der Waals surface area contributed by atoms with Crippen molar-refractivity contribution in [2.45, 2.75) is 53.1 Å². The maximum atomic E-state index is 11.8. The minimum Gasteiger partial charge on any atom is -0.481 e. The van der Waals surface area contributed by atoms with E-state index in [0.29, 0.717) is 0 Å². The van der Waals surface area contributed by atoms with Crippen LogP contribution in [0.15, 0.2) is 0 Å². The van der Waals surface area contributed by atoms with Gasteiger partial charge in [-0.1, -0.05) is 20.8 Å². The van der Waals surface area contributed by atoms with E-state index >= 15 is 0 Å². The van der Waals surface area contributed by atoms with Crippen molar-refractivity contribution in [2.24, 2.45) is 5.41 Å². The van der Waals surface area contributed by atoms with Crippen molar-refractivity contribution in [2.75, 3.05) is 7.05 Å². The zero-order valence-corrected chi connectivity index (χ0v) is 11.6. The first-order valence-electron chi connectivity index (χ1n) is 5.80. The number of urea groups is 1. The molecule has 0 aromatic rings. The Hall–Kier alpha value is -1.26. The molecule has 0 radical (unpaired) electrons. The molecule has 17 heavy (non-hydrogen) atoms. The molecule has 2 atom stereocenters. The minimum atomic E-state index is -0.913. The molecule has 5 nitrogen and oxygen atoms in total. The summed E-state index contributed by atoms with van der Waals surface area (Å²) in [5, 5.41) is 11.3. The topological polar surface area (TPSA) is 69.6 Å². The van der Waals surface area contributed by atoms with E-state index < -0.39 is 5.97 Å². The lowest BCUT2D eigenvalue weighted by Gasteiger charge is -2.35. The van der Waals surface area contributed by atoms with Crippen LogP contribution in [0.1, 0.15) is 41.0 Å². The third-order valence-electron chi connectivity index (χ3n) is 3.01. The third-order valence-corrected chi connectivity index (χ3v) is 3.01. The van der Waals surface area contributed by atoms with Crippen molar-refractivity contribution >= 4 is 12.0 Å². The van der Waals surface area contributed by atoms with E-state index in [9.17, 15) is 9.59 Å². The Morgan fingerprint density at radius 3 is 2.12 bits per heavy atom. The highest BCUT2D eigenvalue weighted by Gasteiger charge is 2.27. The highest BCUT2D eigenvalue weighted by atomic mass is 16.4. The van der Waals surface area contributed by atoms with Gasteiger partial charge in [0, 0.05) is 19.1 Å². The van der Waals surface area contributed by atoms with Crippen LogP contribution < -0.4 is 5.32 Å². The van der Waals surface area contributed by atoms with Crippen molar-refractivity contribution in [3.8, 4) is 0 Å². The molecule has 0 saturated carbocycles. The van der Waals surface area contributed by atoms with Gasteiger partial charge < -0.3 is 15.3 Å². The molecule has 0 bridgehead atoms. The van der Waals surface area contributed by atoms with Gasteiger partial charge in [-0.2, -0.15) is 0 Å². The molecule has 0 heterocycles. The summed E-state index contributed by atoms with van der Waals surface area (Å²) in [7, 11) is 1.72. The zero-order valence-electron chi connectivity index (χ0n) is 11.6. The van der Waals surface area contributed by atoms with Crippen LogP contribution in [0.5, 0.6) is 0 Å². The normalized spacial score (nSPS) is 14.9. The molecule has 2 N–H and O–H groups in total. The molecule has 0 saturated heterocycles. The summed E-state index contributed by atoms with van der Waals surface area (Å²) in [6.07, 6.45) is -0.0660. The van der Waals surface area contributed by atoms with E-state index in [-0.39, 0.29) is 30.0 Å². The van der Waals surface area contributed by atoms with Gasteiger partial charge in [-0.3, -0.25) is 4.79 Å². The summed E-state index contributed by atoms with van der Waals surface area (Å²) < 4.78 is 0. The first-order valence-corrected chi connectivity index (χ1v) is 5.80. The van der Waals surface area contributed by atoms with Gasteiger partial charge in [-0.15, -0.1) is 0 Å². The smallest absolute Gasteiger partial charge is 0.317 e. The Kier molecular flexibility index (Phi) is 5.45. The van der Waals surface area contributed by atoms with Crippen molar-refractivity contribution in [3.05, 3.63) is 0 Å². The first-order chi connectivity index (χ1) is 7.55. The Morgan fingerprint density at radius 1 is 1.29 bits per heavy atom. The molecular formula is C12H24N2O3. The van der Waals surface area contributed by atoms with Crippen LogP contribution in [-0.4, -0.2) is 41.1 Å². The third kappa shape index (κ3) is 5.56. The summed E-state index contributed by atoms with van der Waals surface area (Å²) in [6.45, 7) is 9.83.